The van der Waals surface area contributed by atoms with Crippen molar-refractivity contribution in [3.05, 3.63) is 0 Å². The molecule has 0 aromatic rings. The quantitative estimate of drug-likeness (QED) is 0.496. The van der Waals surface area contributed by atoms with E-state index in [-0.39, 0.29) is 5.75 Å². The number of rotatable bonds is 13. The Balaban J connectivity index is 3.41. The van der Waals surface area contributed by atoms with Crippen LogP contribution in [-0.2, 0) is 14.8 Å². The molecule has 0 bridgehead atoms. The van der Waals surface area contributed by atoms with Crippen LogP contribution >= 0.6 is 0 Å². The first-order chi connectivity index (χ1) is 8.62. The van der Waals surface area contributed by atoms with E-state index in [2.05, 4.69) is 23.9 Å². The molecule has 0 aliphatic rings. The van der Waals surface area contributed by atoms with Gasteiger partial charge in [0.15, 0.2) is 0 Å². The van der Waals surface area contributed by atoms with Crippen molar-refractivity contribution in [1.29, 1.82) is 0 Å². The zero-order valence-corrected chi connectivity index (χ0v) is 12.5. The number of nitrogens with one attached hydrogen (secondary N) is 2. The second kappa shape index (κ2) is 11.9. The minimum atomic E-state index is -3.13. The van der Waals surface area contributed by atoms with E-state index in [9.17, 15) is 8.42 Å². The van der Waals surface area contributed by atoms with Crippen molar-refractivity contribution in [2.75, 3.05) is 38.6 Å². The SMILES string of the molecule is CCCCOCCCNS(=O)(=O)CCNCCC. The molecule has 0 unspecified atom stereocenters. The highest BCUT2D eigenvalue weighted by atomic mass is 32.2. The van der Waals surface area contributed by atoms with Crippen LogP contribution in [0.2, 0.25) is 0 Å². The minimum Gasteiger partial charge on any atom is -0.381 e. The summed E-state index contributed by atoms with van der Waals surface area (Å²) < 4.78 is 31.0. The molecule has 0 aromatic carbocycles. The van der Waals surface area contributed by atoms with Crippen molar-refractivity contribution in [2.45, 2.75) is 39.5 Å². The van der Waals surface area contributed by atoms with Gasteiger partial charge in [-0.3, -0.25) is 0 Å². The van der Waals surface area contributed by atoms with Crippen molar-refractivity contribution in [3.63, 3.8) is 0 Å². The molecule has 0 aromatic heterocycles. The Bertz CT molecular complexity index is 268. The van der Waals surface area contributed by atoms with Crippen LogP contribution < -0.4 is 10.0 Å². The summed E-state index contributed by atoms with van der Waals surface area (Å²) in [5.74, 6) is 0.143. The number of hydrogen-bond acceptors (Lipinski definition) is 4. The summed E-state index contributed by atoms with van der Waals surface area (Å²) >= 11 is 0. The molecule has 0 saturated carbocycles. The summed E-state index contributed by atoms with van der Waals surface area (Å²) in [6, 6.07) is 0. The average molecular weight is 280 g/mol. The molecule has 110 valence electrons. The summed E-state index contributed by atoms with van der Waals surface area (Å²) in [4.78, 5) is 0. The summed E-state index contributed by atoms with van der Waals surface area (Å²) in [5, 5.41) is 3.07. The fourth-order valence-electron chi connectivity index (χ4n) is 1.33. The van der Waals surface area contributed by atoms with E-state index >= 15 is 0 Å². The zero-order chi connectivity index (χ0) is 13.7. The molecular formula is C12H28N2O3S. The second-order valence-corrected chi connectivity index (χ2v) is 6.21. The van der Waals surface area contributed by atoms with Gasteiger partial charge in [0.05, 0.1) is 5.75 Å². The van der Waals surface area contributed by atoms with Gasteiger partial charge in [-0.25, -0.2) is 13.1 Å². The van der Waals surface area contributed by atoms with Gasteiger partial charge in [0.2, 0.25) is 10.0 Å². The van der Waals surface area contributed by atoms with Crippen molar-refractivity contribution in [1.82, 2.24) is 10.0 Å². The van der Waals surface area contributed by atoms with E-state index in [0.29, 0.717) is 19.7 Å². The van der Waals surface area contributed by atoms with Gasteiger partial charge in [-0.15, -0.1) is 0 Å². The van der Waals surface area contributed by atoms with Crippen LogP contribution in [0.4, 0.5) is 0 Å². The summed E-state index contributed by atoms with van der Waals surface area (Å²) in [6.45, 7) is 7.39. The Labute approximate surface area is 112 Å². The second-order valence-electron chi connectivity index (χ2n) is 4.28. The lowest BCUT2D eigenvalue weighted by Crippen LogP contribution is -2.33. The van der Waals surface area contributed by atoms with E-state index in [0.717, 1.165) is 38.8 Å². The number of sulfonamides is 1. The van der Waals surface area contributed by atoms with Crippen molar-refractivity contribution in [3.8, 4) is 0 Å². The van der Waals surface area contributed by atoms with Crippen LogP contribution in [0.5, 0.6) is 0 Å². The largest absolute Gasteiger partial charge is 0.381 e. The molecule has 6 heteroatoms. The Morgan fingerprint density at radius 1 is 0.944 bits per heavy atom. The maximum absolute atomic E-state index is 11.5. The van der Waals surface area contributed by atoms with Crippen molar-refractivity contribution in [2.24, 2.45) is 0 Å². The van der Waals surface area contributed by atoms with Crippen LogP contribution in [0.25, 0.3) is 0 Å². The first kappa shape index (κ1) is 17.8. The average Bonchev–Trinajstić information content (AvgIpc) is 2.34. The third-order valence-corrected chi connectivity index (χ3v) is 3.79. The Morgan fingerprint density at radius 3 is 2.33 bits per heavy atom. The van der Waals surface area contributed by atoms with E-state index in [4.69, 9.17) is 4.74 Å². The van der Waals surface area contributed by atoms with Gasteiger partial charge in [-0.1, -0.05) is 20.3 Å². The summed E-state index contributed by atoms with van der Waals surface area (Å²) in [7, 11) is -3.13. The monoisotopic (exact) mass is 280 g/mol. The van der Waals surface area contributed by atoms with Crippen molar-refractivity contribution >= 4 is 10.0 Å². The lowest BCUT2D eigenvalue weighted by molar-refractivity contribution is 0.130. The molecule has 0 rings (SSSR count). The topological polar surface area (TPSA) is 67.4 Å². The first-order valence-electron chi connectivity index (χ1n) is 6.88. The standard InChI is InChI=1S/C12H28N2O3S/c1-3-5-10-17-11-6-8-14-18(15,16)12-9-13-7-4-2/h13-14H,3-12H2,1-2H3. The molecular weight excluding hydrogens is 252 g/mol. The zero-order valence-electron chi connectivity index (χ0n) is 11.7. The van der Waals surface area contributed by atoms with Gasteiger partial charge in [0.1, 0.15) is 0 Å². The molecule has 0 radical (unpaired) electrons. The molecule has 0 spiro atoms. The molecule has 0 saturated heterocycles. The van der Waals surface area contributed by atoms with Gasteiger partial charge in [-0.05, 0) is 25.8 Å². The van der Waals surface area contributed by atoms with Crippen LogP contribution in [0.1, 0.15) is 39.5 Å². The normalized spacial score (nSPS) is 11.9. The molecule has 0 amide bonds. The fraction of sp³-hybridized carbons (Fsp3) is 1.00. The van der Waals surface area contributed by atoms with Gasteiger partial charge in [0.25, 0.3) is 0 Å². The van der Waals surface area contributed by atoms with Crippen LogP contribution in [0, 0.1) is 0 Å². The highest BCUT2D eigenvalue weighted by molar-refractivity contribution is 7.89. The lowest BCUT2D eigenvalue weighted by Gasteiger charge is -2.07. The Morgan fingerprint density at radius 2 is 1.67 bits per heavy atom. The van der Waals surface area contributed by atoms with Gasteiger partial charge in [-0.2, -0.15) is 0 Å². The van der Waals surface area contributed by atoms with E-state index in [1.807, 2.05) is 0 Å². The molecule has 0 heterocycles. The fourth-order valence-corrected chi connectivity index (χ4v) is 2.34. The molecule has 0 fully saturated rings. The van der Waals surface area contributed by atoms with Gasteiger partial charge in [0, 0.05) is 26.3 Å². The third kappa shape index (κ3) is 12.3. The lowest BCUT2D eigenvalue weighted by atomic mass is 10.4. The molecule has 0 atom stereocenters. The highest BCUT2D eigenvalue weighted by Gasteiger charge is 2.07. The maximum atomic E-state index is 11.5. The molecule has 0 aliphatic carbocycles. The molecule has 18 heavy (non-hydrogen) atoms. The minimum absolute atomic E-state index is 0.143. The predicted molar refractivity (Wildman–Crippen MR) is 75.3 cm³/mol. The molecule has 5 nitrogen and oxygen atoms in total. The molecule has 0 aliphatic heterocycles. The maximum Gasteiger partial charge on any atom is 0.212 e. The predicted octanol–water partition coefficient (Wildman–Crippen LogP) is 1.11. The number of unbranched alkanes of at least 4 members (excludes halogenated alkanes) is 1. The first-order valence-corrected chi connectivity index (χ1v) is 8.53. The van der Waals surface area contributed by atoms with Gasteiger partial charge >= 0.3 is 0 Å². The van der Waals surface area contributed by atoms with E-state index < -0.39 is 10.0 Å². The smallest absolute Gasteiger partial charge is 0.212 e. The Kier molecular flexibility index (Phi) is 11.8. The van der Waals surface area contributed by atoms with E-state index in [1.165, 1.54) is 0 Å². The van der Waals surface area contributed by atoms with Crippen molar-refractivity contribution < 1.29 is 13.2 Å². The summed E-state index contributed by atoms with van der Waals surface area (Å²) in [6.07, 6.45) is 3.93. The van der Waals surface area contributed by atoms with Crippen LogP contribution in [-0.4, -0.2) is 47.0 Å². The molecule has 2 N–H and O–H groups in total. The summed E-state index contributed by atoms with van der Waals surface area (Å²) in [5.41, 5.74) is 0. The van der Waals surface area contributed by atoms with Gasteiger partial charge < -0.3 is 10.1 Å². The highest BCUT2D eigenvalue weighted by Crippen LogP contribution is 1.90. The third-order valence-electron chi connectivity index (χ3n) is 2.40. The van der Waals surface area contributed by atoms with E-state index in [1.54, 1.807) is 0 Å². The number of ether oxygens (including phenoxy) is 1. The number of hydrogen-bond donors (Lipinski definition) is 2. The van der Waals surface area contributed by atoms with Crippen LogP contribution in [0.15, 0.2) is 0 Å². The van der Waals surface area contributed by atoms with Crippen LogP contribution in [0.3, 0.4) is 0 Å². The Hall–Kier alpha value is -0.170.